The van der Waals surface area contributed by atoms with Crippen molar-refractivity contribution in [3.05, 3.63) is 145 Å². The SMILES string of the molecule is Brc1ccc2c(c1)c1ccccc1c1nccnc21.c1ccc(-c2ccc3c(c2)c2ccccc2c2nccnc32)cc1. The lowest BCUT2D eigenvalue weighted by Crippen LogP contribution is -1.88. The molecule has 0 aliphatic carbocycles. The summed E-state index contributed by atoms with van der Waals surface area (Å²) in [6, 6.07) is 40.1. The van der Waals surface area contributed by atoms with Gasteiger partial charge < -0.3 is 0 Å². The van der Waals surface area contributed by atoms with Crippen molar-refractivity contribution in [1.82, 2.24) is 19.9 Å². The van der Waals surface area contributed by atoms with Gasteiger partial charge in [0.15, 0.2) is 0 Å². The molecule has 0 N–H and O–H groups in total. The molecule has 0 spiro atoms. The van der Waals surface area contributed by atoms with Crippen LogP contribution in [0.4, 0.5) is 0 Å². The fourth-order valence-corrected chi connectivity index (χ4v) is 6.40. The molecule has 0 unspecified atom stereocenters. The molecule has 2 aromatic heterocycles. The fourth-order valence-electron chi connectivity index (χ4n) is 6.04. The van der Waals surface area contributed by atoms with Crippen molar-refractivity contribution in [3.8, 4) is 11.1 Å². The number of rotatable bonds is 1. The first kappa shape index (κ1) is 25.5. The monoisotopic (exact) mass is 614 g/mol. The van der Waals surface area contributed by atoms with Gasteiger partial charge in [0.1, 0.15) is 0 Å². The number of benzene rings is 7. The Kier molecular flexibility index (Phi) is 6.24. The minimum atomic E-state index is 0.962. The number of hydrogen-bond acceptors (Lipinski definition) is 4. The highest BCUT2D eigenvalue weighted by atomic mass is 79.9. The average Bonchev–Trinajstić information content (AvgIpc) is 3.09. The van der Waals surface area contributed by atoms with Gasteiger partial charge >= 0.3 is 0 Å². The Bertz CT molecular complexity index is 2400. The van der Waals surface area contributed by atoms with Gasteiger partial charge in [-0.25, -0.2) is 0 Å². The standard InChI is InChI=1S/C22H14N2.C16H9BrN2/c1-2-6-15(7-3-1)16-10-11-19-20(14-16)17-8-4-5-9-18(17)21-22(19)24-13-12-23-21;17-10-5-6-13-14(9-10)11-3-1-2-4-12(11)15-16(13)19-8-7-18-15/h1-14H;1-9H. The maximum atomic E-state index is 4.60. The molecule has 43 heavy (non-hydrogen) atoms. The maximum Gasteiger partial charge on any atom is 0.0971 e. The van der Waals surface area contributed by atoms with Crippen LogP contribution >= 0.6 is 15.9 Å². The van der Waals surface area contributed by atoms with Crippen LogP contribution in [0.15, 0.2) is 145 Å². The molecule has 5 heteroatoms. The van der Waals surface area contributed by atoms with Crippen molar-refractivity contribution >= 4 is 81.1 Å². The van der Waals surface area contributed by atoms with Gasteiger partial charge in [0, 0.05) is 50.8 Å². The van der Waals surface area contributed by atoms with Gasteiger partial charge in [-0.15, -0.1) is 0 Å². The molecule has 2 heterocycles. The van der Waals surface area contributed by atoms with E-state index in [9.17, 15) is 0 Å². The summed E-state index contributed by atoms with van der Waals surface area (Å²) in [7, 11) is 0. The number of fused-ring (bicyclic) bond motifs is 12. The largest absolute Gasteiger partial charge is 0.252 e. The molecule has 0 saturated carbocycles. The van der Waals surface area contributed by atoms with E-state index in [2.05, 4.69) is 133 Å². The summed E-state index contributed by atoms with van der Waals surface area (Å²) in [5.41, 5.74) is 6.30. The summed E-state index contributed by atoms with van der Waals surface area (Å²) in [5.74, 6) is 0. The molecule has 9 aromatic rings. The quantitative estimate of drug-likeness (QED) is 0.173. The molecule has 4 nitrogen and oxygen atoms in total. The summed E-state index contributed by atoms with van der Waals surface area (Å²) >= 11 is 3.55. The van der Waals surface area contributed by atoms with Crippen LogP contribution in [0.3, 0.4) is 0 Å². The van der Waals surface area contributed by atoms with Crippen molar-refractivity contribution in [3.63, 3.8) is 0 Å². The molecule has 0 amide bonds. The summed E-state index contributed by atoms with van der Waals surface area (Å²) in [4.78, 5) is 18.2. The number of hydrogen-bond donors (Lipinski definition) is 0. The van der Waals surface area contributed by atoms with Gasteiger partial charge in [0.2, 0.25) is 0 Å². The van der Waals surface area contributed by atoms with Crippen LogP contribution in [-0.2, 0) is 0 Å². The molecule has 0 radical (unpaired) electrons. The predicted molar refractivity (Wildman–Crippen MR) is 182 cm³/mol. The van der Waals surface area contributed by atoms with Gasteiger partial charge in [-0.2, -0.15) is 0 Å². The van der Waals surface area contributed by atoms with Gasteiger partial charge in [0.25, 0.3) is 0 Å². The molecule has 0 atom stereocenters. The lowest BCUT2D eigenvalue weighted by atomic mass is 9.95. The van der Waals surface area contributed by atoms with Crippen molar-refractivity contribution < 1.29 is 0 Å². The zero-order chi connectivity index (χ0) is 28.8. The van der Waals surface area contributed by atoms with Crippen LogP contribution in [0, 0.1) is 0 Å². The summed E-state index contributed by atoms with van der Waals surface area (Å²) < 4.78 is 1.08. The van der Waals surface area contributed by atoms with E-state index in [4.69, 9.17) is 0 Å². The highest BCUT2D eigenvalue weighted by Gasteiger charge is 2.12. The molecular weight excluding hydrogens is 592 g/mol. The Morgan fingerprint density at radius 1 is 0.326 bits per heavy atom. The Morgan fingerprint density at radius 3 is 1.28 bits per heavy atom. The molecule has 202 valence electrons. The number of nitrogens with zero attached hydrogens (tertiary/aromatic N) is 4. The van der Waals surface area contributed by atoms with Crippen LogP contribution in [0.1, 0.15) is 0 Å². The Labute approximate surface area is 255 Å². The van der Waals surface area contributed by atoms with E-state index in [0.29, 0.717) is 0 Å². The molecule has 9 rings (SSSR count). The van der Waals surface area contributed by atoms with Gasteiger partial charge in [-0.1, -0.05) is 113 Å². The maximum absolute atomic E-state index is 4.60. The smallest absolute Gasteiger partial charge is 0.0971 e. The molecule has 0 aliphatic heterocycles. The second-order valence-electron chi connectivity index (χ2n) is 10.4. The van der Waals surface area contributed by atoms with Crippen LogP contribution in [0.2, 0.25) is 0 Å². The zero-order valence-corrected chi connectivity index (χ0v) is 24.5. The fraction of sp³-hybridized carbons (Fsp3) is 0. The average molecular weight is 616 g/mol. The van der Waals surface area contributed by atoms with E-state index >= 15 is 0 Å². The molecule has 0 aliphatic rings. The molecule has 0 fully saturated rings. The summed E-state index contributed by atoms with van der Waals surface area (Å²) in [5, 5.41) is 9.46. The first-order valence-corrected chi connectivity index (χ1v) is 14.9. The van der Waals surface area contributed by atoms with E-state index in [1.165, 1.54) is 32.7 Å². The van der Waals surface area contributed by atoms with Crippen molar-refractivity contribution in [2.24, 2.45) is 0 Å². The Balaban J connectivity index is 0.000000133. The third kappa shape index (κ3) is 4.37. The van der Waals surface area contributed by atoms with E-state index in [1.807, 2.05) is 18.2 Å². The van der Waals surface area contributed by atoms with E-state index in [1.54, 1.807) is 24.8 Å². The highest BCUT2D eigenvalue weighted by Crippen LogP contribution is 2.36. The molecule has 0 saturated heterocycles. The first-order chi connectivity index (χ1) is 21.3. The van der Waals surface area contributed by atoms with Gasteiger partial charge in [-0.05, 0) is 50.9 Å². The predicted octanol–water partition coefficient (Wildman–Crippen LogP) is 10.3. The minimum absolute atomic E-state index is 0.962. The second-order valence-corrected chi connectivity index (χ2v) is 11.3. The van der Waals surface area contributed by atoms with Crippen molar-refractivity contribution in [2.75, 3.05) is 0 Å². The molecular formula is C38H23BrN4. The van der Waals surface area contributed by atoms with Crippen LogP contribution in [0.25, 0.3) is 76.3 Å². The second kappa shape index (κ2) is 10.5. The highest BCUT2D eigenvalue weighted by molar-refractivity contribution is 9.10. The van der Waals surface area contributed by atoms with Crippen molar-refractivity contribution in [1.29, 1.82) is 0 Å². The van der Waals surface area contributed by atoms with Crippen molar-refractivity contribution in [2.45, 2.75) is 0 Å². The van der Waals surface area contributed by atoms with Crippen LogP contribution in [0.5, 0.6) is 0 Å². The third-order valence-corrected chi connectivity index (χ3v) is 8.45. The Hall–Kier alpha value is -5.26. The van der Waals surface area contributed by atoms with E-state index in [0.717, 1.165) is 48.1 Å². The van der Waals surface area contributed by atoms with Crippen LogP contribution < -0.4 is 0 Å². The first-order valence-electron chi connectivity index (χ1n) is 14.1. The van der Waals surface area contributed by atoms with Gasteiger partial charge in [0.05, 0.1) is 22.1 Å². The summed E-state index contributed by atoms with van der Waals surface area (Å²) in [6.45, 7) is 0. The zero-order valence-electron chi connectivity index (χ0n) is 22.9. The normalized spacial score (nSPS) is 11.4. The molecule has 7 aromatic carbocycles. The van der Waals surface area contributed by atoms with Gasteiger partial charge in [-0.3, -0.25) is 19.9 Å². The Morgan fingerprint density at radius 2 is 0.744 bits per heavy atom. The minimum Gasteiger partial charge on any atom is -0.252 e. The third-order valence-electron chi connectivity index (χ3n) is 7.96. The summed E-state index contributed by atoms with van der Waals surface area (Å²) in [6.07, 6.45) is 7.03. The van der Waals surface area contributed by atoms with E-state index in [-0.39, 0.29) is 0 Å². The lowest BCUT2D eigenvalue weighted by Gasteiger charge is -2.10. The van der Waals surface area contributed by atoms with Crippen LogP contribution in [-0.4, -0.2) is 19.9 Å². The number of aromatic nitrogens is 4. The number of halogens is 1. The topological polar surface area (TPSA) is 51.6 Å². The lowest BCUT2D eigenvalue weighted by molar-refractivity contribution is 1.31. The van der Waals surface area contributed by atoms with E-state index < -0.39 is 0 Å². The molecule has 0 bridgehead atoms.